The molecule has 0 saturated carbocycles. The van der Waals surface area contributed by atoms with Gasteiger partial charge in [-0.3, -0.25) is 4.84 Å². The van der Waals surface area contributed by atoms with Gasteiger partial charge in [0.05, 0.1) is 13.2 Å². The number of carbonyl (C=O) groups is 2. The molecule has 0 unspecified atom stereocenters. The number of alkyl halides is 1. The van der Waals surface area contributed by atoms with Gasteiger partial charge in [0.1, 0.15) is 12.4 Å². The fourth-order valence-corrected chi connectivity index (χ4v) is 3.88. The van der Waals surface area contributed by atoms with Crippen LogP contribution < -0.4 is 0 Å². The molecule has 8 heteroatoms. The van der Waals surface area contributed by atoms with Crippen molar-refractivity contribution in [2.45, 2.75) is 51.7 Å². The number of esters is 1. The maximum absolute atomic E-state index is 13.3. The Hall–Kier alpha value is -2.33. The molecular formula is C25H32INO6. The number of phenols is 1. The largest absolute Gasteiger partial charge is 0.508 e. The van der Waals surface area contributed by atoms with Gasteiger partial charge in [-0.2, -0.15) is 5.06 Å². The summed E-state index contributed by atoms with van der Waals surface area (Å²) in [4.78, 5) is 32.5. The highest BCUT2D eigenvalue weighted by molar-refractivity contribution is 14.1. The first-order chi connectivity index (χ1) is 16.0. The number of hydroxylamine groups is 2. The van der Waals surface area contributed by atoms with E-state index in [0.717, 1.165) is 33.5 Å². The minimum absolute atomic E-state index is 0.0507. The highest BCUT2D eigenvalue weighted by atomic mass is 127. The summed E-state index contributed by atoms with van der Waals surface area (Å²) >= 11 is 2.29. The number of aromatic hydroxyl groups is 1. The summed E-state index contributed by atoms with van der Waals surface area (Å²) in [6.07, 6.45) is 1.30. The maximum Gasteiger partial charge on any atom is 0.435 e. The van der Waals surface area contributed by atoms with E-state index in [-0.39, 0.29) is 38.4 Å². The molecule has 0 aromatic heterocycles. The minimum atomic E-state index is -1.43. The lowest BCUT2D eigenvalue weighted by molar-refractivity contribution is -0.215. The number of rotatable bonds is 13. The Labute approximate surface area is 209 Å². The first kappa shape index (κ1) is 26.9. The number of hydrogen-bond donors (Lipinski definition) is 1. The normalized spacial score (nSPS) is 12.6. The topological polar surface area (TPSA) is 85.3 Å². The molecule has 0 heterocycles. The van der Waals surface area contributed by atoms with E-state index >= 15 is 0 Å². The Kier molecular flexibility index (Phi) is 11.5. The molecule has 0 aliphatic carbocycles. The zero-order valence-electron chi connectivity index (χ0n) is 19.2. The summed E-state index contributed by atoms with van der Waals surface area (Å²) in [7, 11) is 0. The van der Waals surface area contributed by atoms with E-state index in [1.54, 1.807) is 31.2 Å². The molecule has 0 bridgehead atoms. The molecule has 7 nitrogen and oxygen atoms in total. The molecule has 0 saturated heterocycles. The summed E-state index contributed by atoms with van der Waals surface area (Å²) < 4.78 is 11.9. The summed E-state index contributed by atoms with van der Waals surface area (Å²) in [5.74, 6) is -0.447. The Balaban J connectivity index is 2.36. The van der Waals surface area contributed by atoms with Gasteiger partial charge in [-0.1, -0.05) is 72.0 Å². The Morgan fingerprint density at radius 3 is 2.27 bits per heavy atom. The molecule has 180 valence electrons. The van der Waals surface area contributed by atoms with E-state index in [2.05, 4.69) is 22.6 Å². The molecular weight excluding hydrogens is 537 g/mol. The number of phenolic OH excluding ortho intramolecular Hbond substituents is 1. The van der Waals surface area contributed by atoms with Gasteiger partial charge in [-0.25, -0.2) is 9.59 Å². The lowest BCUT2D eigenvalue weighted by atomic mass is 9.87. The molecule has 1 N–H and O–H groups in total. The number of ether oxygens (including phenoxy) is 2. The quantitative estimate of drug-likeness (QED) is 0.114. The molecule has 2 aromatic carbocycles. The van der Waals surface area contributed by atoms with Crippen molar-refractivity contribution in [1.82, 2.24) is 5.06 Å². The SMILES string of the molecule is CCOC(=O)[C@](CC)(Cc1ccc(O)cc1)N(OCCCCI)C(=O)OCc1ccccc1. The van der Waals surface area contributed by atoms with E-state index in [1.165, 1.54) is 0 Å². The Morgan fingerprint density at radius 2 is 1.67 bits per heavy atom. The molecule has 0 radical (unpaired) electrons. The number of carbonyl (C=O) groups excluding carboxylic acids is 2. The van der Waals surface area contributed by atoms with Crippen LogP contribution in [0.15, 0.2) is 54.6 Å². The van der Waals surface area contributed by atoms with Gasteiger partial charge in [0, 0.05) is 6.42 Å². The van der Waals surface area contributed by atoms with Crippen molar-refractivity contribution < 1.29 is 29.0 Å². The predicted octanol–water partition coefficient (Wildman–Crippen LogP) is 5.43. The number of unbranched alkanes of at least 4 members (excludes halogenated alkanes) is 1. The van der Waals surface area contributed by atoms with Crippen molar-refractivity contribution in [3.8, 4) is 5.75 Å². The zero-order valence-corrected chi connectivity index (χ0v) is 21.3. The lowest BCUT2D eigenvalue weighted by Gasteiger charge is -2.39. The third-order valence-corrected chi connectivity index (χ3v) is 5.94. The van der Waals surface area contributed by atoms with Gasteiger partial charge >= 0.3 is 12.1 Å². The van der Waals surface area contributed by atoms with E-state index in [0.29, 0.717) is 0 Å². The third-order valence-electron chi connectivity index (χ3n) is 5.18. The smallest absolute Gasteiger partial charge is 0.435 e. The van der Waals surface area contributed by atoms with Gasteiger partial charge in [0.15, 0.2) is 5.54 Å². The number of hydrogen-bond acceptors (Lipinski definition) is 6. The van der Waals surface area contributed by atoms with Crippen LogP contribution in [0.4, 0.5) is 4.79 Å². The van der Waals surface area contributed by atoms with Crippen LogP contribution in [0.2, 0.25) is 0 Å². The molecule has 2 aromatic rings. The van der Waals surface area contributed by atoms with Gasteiger partial charge in [-0.15, -0.1) is 0 Å². The van der Waals surface area contributed by atoms with Crippen molar-refractivity contribution in [3.05, 3.63) is 65.7 Å². The summed E-state index contributed by atoms with van der Waals surface area (Å²) in [6.45, 7) is 4.01. The first-order valence-corrected chi connectivity index (χ1v) is 12.6. The van der Waals surface area contributed by atoms with Crippen molar-refractivity contribution >= 4 is 34.7 Å². The van der Waals surface area contributed by atoms with E-state index in [1.807, 2.05) is 37.3 Å². The Bertz CT molecular complexity index is 861. The zero-order chi connectivity index (χ0) is 24.1. The highest BCUT2D eigenvalue weighted by Crippen LogP contribution is 2.30. The fourth-order valence-electron chi connectivity index (χ4n) is 3.34. The molecule has 0 aliphatic rings. The van der Waals surface area contributed by atoms with Crippen LogP contribution in [-0.2, 0) is 32.1 Å². The monoisotopic (exact) mass is 569 g/mol. The fraction of sp³-hybridized carbons (Fsp3) is 0.440. The van der Waals surface area contributed by atoms with E-state index < -0.39 is 17.6 Å². The summed E-state index contributed by atoms with van der Waals surface area (Å²) in [5, 5.41) is 10.7. The second kappa shape index (κ2) is 14.0. The minimum Gasteiger partial charge on any atom is -0.508 e. The highest BCUT2D eigenvalue weighted by Gasteiger charge is 2.49. The average molecular weight is 569 g/mol. The van der Waals surface area contributed by atoms with Crippen molar-refractivity contribution in [2.75, 3.05) is 17.6 Å². The molecule has 0 spiro atoms. The molecule has 1 atom stereocenters. The molecule has 0 aliphatic heterocycles. The summed E-state index contributed by atoms with van der Waals surface area (Å²) in [6, 6.07) is 15.8. The van der Waals surface area contributed by atoms with Crippen LogP contribution in [0.5, 0.6) is 5.75 Å². The van der Waals surface area contributed by atoms with Crippen LogP contribution in [0, 0.1) is 0 Å². The van der Waals surface area contributed by atoms with Crippen molar-refractivity contribution in [1.29, 1.82) is 0 Å². The third kappa shape index (κ3) is 7.89. The van der Waals surface area contributed by atoms with Crippen LogP contribution in [0.25, 0.3) is 0 Å². The van der Waals surface area contributed by atoms with Crippen LogP contribution in [-0.4, -0.2) is 45.4 Å². The van der Waals surface area contributed by atoms with E-state index in [9.17, 15) is 14.7 Å². The van der Waals surface area contributed by atoms with Crippen LogP contribution in [0.1, 0.15) is 44.2 Å². The van der Waals surface area contributed by atoms with Crippen LogP contribution >= 0.6 is 22.6 Å². The first-order valence-electron chi connectivity index (χ1n) is 11.1. The average Bonchev–Trinajstić information content (AvgIpc) is 2.83. The predicted molar refractivity (Wildman–Crippen MR) is 134 cm³/mol. The summed E-state index contributed by atoms with van der Waals surface area (Å²) in [5.41, 5.74) is 0.150. The molecule has 33 heavy (non-hydrogen) atoms. The number of nitrogens with zero attached hydrogens (tertiary/aromatic N) is 1. The Morgan fingerprint density at radius 1 is 0.970 bits per heavy atom. The number of halogens is 1. The van der Waals surface area contributed by atoms with Crippen molar-refractivity contribution in [3.63, 3.8) is 0 Å². The number of amides is 1. The van der Waals surface area contributed by atoms with E-state index in [4.69, 9.17) is 14.3 Å². The molecule has 2 rings (SSSR count). The second-order valence-electron chi connectivity index (χ2n) is 7.51. The van der Waals surface area contributed by atoms with Crippen molar-refractivity contribution in [2.24, 2.45) is 0 Å². The van der Waals surface area contributed by atoms with Gasteiger partial charge in [-0.05, 0) is 53.9 Å². The molecule has 0 fully saturated rings. The van der Waals surface area contributed by atoms with Gasteiger partial charge in [0.25, 0.3) is 0 Å². The maximum atomic E-state index is 13.3. The molecule has 1 amide bonds. The number of benzene rings is 2. The standard InChI is InChI=1S/C25H32INO6/c1-3-25(23(29)31-4-2,18-20-12-14-22(28)15-13-20)27(33-17-9-8-16-26)24(30)32-19-21-10-6-5-7-11-21/h5-7,10-15,28H,3-4,8-9,16-19H2,1-2H3/t25-/m0/s1. The van der Waals surface area contributed by atoms with Crippen LogP contribution in [0.3, 0.4) is 0 Å². The van der Waals surface area contributed by atoms with Gasteiger partial charge in [0.2, 0.25) is 0 Å². The second-order valence-corrected chi connectivity index (χ2v) is 8.59. The lowest BCUT2D eigenvalue weighted by Crippen LogP contribution is -2.59. The van der Waals surface area contributed by atoms with Gasteiger partial charge < -0.3 is 14.6 Å².